The lowest BCUT2D eigenvalue weighted by molar-refractivity contribution is -0.226. The van der Waals surface area contributed by atoms with Gasteiger partial charge in [-0.25, -0.2) is 0 Å². The minimum absolute atomic E-state index is 0.135. The minimum Gasteiger partial charge on any atom is -0.428 e. The summed E-state index contributed by atoms with van der Waals surface area (Å²) in [6, 6.07) is 0. The first-order valence-electron chi connectivity index (χ1n) is 9.43. The number of rotatable bonds is 5. The largest absolute Gasteiger partial charge is 0.550 e. The normalized spacial score (nSPS) is 24.9. The van der Waals surface area contributed by atoms with Crippen molar-refractivity contribution in [3.63, 3.8) is 0 Å². The molecule has 6 nitrogen and oxygen atoms in total. The van der Waals surface area contributed by atoms with Crippen LogP contribution in [0.2, 0.25) is 0 Å². The highest BCUT2D eigenvalue weighted by atomic mass is 17.3. The van der Waals surface area contributed by atoms with Gasteiger partial charge < -0.3 is 9.47 Å². The Morgan fingerprint density at radius 3 is 1.88 bits per heavy atom. The van der Waals surface area contributed by atoms with E-state index in [1.54, 1.807) is 0 Å². The van der Waals surface area contributed by atoms with E-state index in [0.717, 1.165) is 57.3 Å². The average Bonchev–Trinajstić information content (AvgIpc) is 2.60. The smallest absolute Gasteiger partial charge is 0.428 e. The quantitative estimate of drug-likeness (QED) is 0.384. The predicted octanol–water partition coefficient (Wildman–Crippen LogP) is 5.29. The summed E-state index contributed by atoms with van der Waals surface area (Å²) in [6.45, 7) is 2.20. The zero-order valence-corrected chi connectivity index (χ0v) is 14.7. The molecule has 0 amide bonds. The van der Waals surface area contributed by atoms with Crippen LogP contribution in [-0.4, -0.2) is 24.5 Å². The van der Waals surface area contributed by atoms with Gasteiger partial charge in [-0.15, -0.1) is 0 Å². The topological polar surface area (TPSA) is 71.1 Å². The molecule has 0 N–H and O–H groups in total. The summed E-state index contributed by atoms with van der Waals surface area (Å²) >= 11 is 0. The number of unbranched alkanes of at least 4 members (excludes halogenated alkanes) is 1. The molecule has 0 radical (unpaired) electrons. The molecule has 0 aromatic carbocycles. The summed E-state index contributed by atoms with van der Waals surface area (Å²) in [5.74, 6) is 0.738. The first kappa shape index (κ1) is 18.9. The molecule has 6 heteroatoms. The second-order valence-corrected chi connectivity index (χ2v) is 6.95. The lowest BCUT2D eigenvalue weighted by Gasteiger charge is -2.27. The number of carbonyl (C=O) groups is 2. The zero-order valence-electron chi connectivity index (χ0n) is 14.7. The Hall–Kier alpha value is -1.46. The van der Waals surface area contributed by atoms with Crippen LogP contribution < -0.4 is 0 Å². The standard InChI is InChI=1S/C18H30O6/c1-2-3-7-14-10-12-16(13-11-14)22-18(20)24-23-17(19)21-15-8-5-4-6-9-15/h14-16H,2-13H2,1H3. The molecule has 2 rings (SSSR count). The highest BCUT2D eigenvalue weighted by Gasteiger charge is 2.26. The molecule has 0 unspecified atom stereocenters. The maximum atomic E-state index is 11.6. The van der Waals surface area contributed by atoms with E-state index in [2.05, 4.69) is 16.7 Å². The summed E-state index contributed by atoms with van der Waals surface area (Å²) in [6.07, 6.45) is 10.3. The maximum Gasteiger partial charge on any atom is 0.550 e. The molecule has 138 valence electrons. The highest BCUT2D eigenvalue weighted by Crippen LogP contribution is 2.30. The molecule has 0 spiro atoms. The van der Waals surface area contributed by atoms with E-state index >= 15 is 0 Å². The molecule has 0 atom stereocenters. The van der Waals surface area contributed by atoms with Gasteiger partial charge in [-0.3, -0.25) is 0 Å². The average molecular weight is 342 g/mol. The van der Waals surface area contributed by atoms with E-state index in [1.807, 2.05) is 0 Å². The van der Waals surface area contributed by atoms with Gasteiger partial charge in [-0.05, 0) is 57.3 Å². The molecule has 2 saturated carbocycles. The van der Waals surface area contributed by atoms with Crippen LogP contribution in [0, 0.1) is 5.92 Å². The van der Waals surface area contributed by atoms with E-state index < -0.39 is 12.3 Å². The van der Waals surface area contributed by atoms with Crippen molar-refractivity contribution in [1.29, 1.82) is 0 Å². The van der Waals surface area contributed by atoms with Crippen LogP contribution in [0.4, 0.5) is 9.59 Å². The highest BCUT2D eigenvalue weighted by molar-refractivity contribution is 5.63. The van der Waals surface area contributed by atoms with Gasteiger partial charge in [-0.2, -0.15) is 19.4 Å². The Morgan fingerprint density at radius 2 is 1.33 bits per heavy atom. The lowest BCUT2D eigenvalue weighted by atomic mass is 9.84. The first-order valence-corrected chi connectivity index (χ1v) is 9.43. The Morgan fingerprint density at radius 1 is 0.792 bits per heavy atom. The van der Waals surface area contributed by atoms with Gasteiger partial charge in [0, 0.05) is 0 Å². The second-order valence-electron chi connectivity index (χ2n) is 6.95. The van der Waals surface area contributed by atoms with Gasteiger partial charge in [0.25, 0.3) is 0 Å². The molecule has 0 bridgehead atoms. The fourth-order valence-corrected chi connectivity index (χ4v) is 3.59. The Bertz CT molecular complexity index is 383. The fourth-order valence-electron chi connectivity index (χ4n) is 3.59. The molecule has 0 aromatic heterocycles. The number of carbonyl (C=O) groups excluding carboxylic acids is 2. The van der Waals surface area contributed by atoms with Crippen molar-refractivity contribution in [2.75, 3.05) is 0 Å². The van der Waals surface area contributed by atoms with Gasteiger partial charge in [0.2, 0.25) is 0 Å². The van der Waals surface area contributed by atoms with Crippen molar-refractivity contribution < 1.29 is 28.8 Å². The van der Waals surface area contributed by atoms with Gasteiger partial charge >= 0.3 is 12.3 Å². The summed E-state index contributed by atoms with van der Waals surface area (Å²) < 4.78 is 10.3. The molecule has 24 heavy (non-hydrogen) atoms. The molecule has 0 heterocycles. The first-order chi connectivity index (χ1) is 11.7. The molecule has 0 aromatic rings. The molecule has 2 aliphatic carbocycles. The molecular formula is C18H30O6. The van der Waals surface area contributed by atoms with Crippen molar-refractivity contribution in [3.05, 3.63) is 0 Å². The summed E-state index contributed by atoms with van der Waals surface area (Å²) in [7, 11) is 0. The van der Waals surface area contributed by atoms with E-state index in [4.69, 9.17) is 9.47 Å². The molecule has 2 fully saturated rings. The molecular weight excluding hydrogens is 312 g/mol. The van der Waals surface area contributed by atoms with Crippen LogP contribution in [0.3, 0.4) is 0 Å². The van der Waals surface area contributed by atoms with E-state index in [1.165, 1.54) is 25.7 Å². The van der Waals surface area contributed by atoms with E-state index in [-0.39, 0.29) is 12.2 Å². The lowest BCUT2D eigenvalue weighted by Crippen LogP contribution is -2.26. The van der Waals surface area contributed by atoms with Crippen molar-refractivity contribution in [3.8, 4) is 0 Å². The monoisotopic (exact) mass is 342 g/mol. The summed E-state index contributed by atoms with van der Waals surface area (Å²) in [4.78, 5) is 31.8. The third-order valence-corrected chi connectivity index (χ3v) is 5.02. The number of ether oxygens (including phenoxy) is 2. The van der Waals surface area contributed by atoms with Gasteiger partial charge in [0.05, 0.1) is 0 Å². The second kappa shape index (κ2) is 10.4. The maximum absolute atomic E-state index is 11.6. The van der Waals surface area contributed by atoms with Crippen molar-refractivity contribution in [2.24, 2.45) is 5.92 Å². The van der Waals surface area contributed by atoms with Crippen LogP contribution >= 0.6 is 0 Å². The Kier molecular flexibility index (Phi) is 8.19. The van der Waals surface area contributed by atoms with Crippen LogP contribution in [-0.2, 0) is 19.2 Å². The van der Waals surface area contributed by atoms with Crippen LogP contribution in [0.1, 0.15) is 84.0 Å². The molecule has 0 saturated heterocycles. The zero-order chi connectivity index (χ0) is 17.2. The summed E-state index contributed by atoms with van der Waals surface area (Å²) in [5.41, 5.74) is 0. The third-order valence-electron chi connectivity index (χ3n) is 5.02. The summed E-state index contributed by atoms with van der Waals surface area (Å²) in [5, 5.41) is 0. The van der Waals surface area contributed by atoms with Crippen molar-refractivity contribution >= 4 is 12.3 Å². The van der Waals surface area contributed by atoms with Gasteiger partial charge in [0.1, 0.15) is 12.2 Å². The SMILES string of the molecule is CCCCC1CCC(OC(=O)OOC(=O)OC2CCCCC2)CC1. The van der Waals surface area contributed by atoms with Gasteiger partial charge in [-0.1, -0.05) is 32.6 Å². The number of hydrogen-bond acceptors (Lipinski definition) is 6. The fraction of sp³-hybridized carbons (Fsp3) is 0.889. The number of hydrogen-bond donors (Lipinski definition) is 0. The van der Waals surface area contributed by atoms with Crippen LogP contribution in [0.15, 0.2) is 0 Å². The van der Waals surface area contributed by atoms with Crippen LogP contribution in [0.5, 0.6) is 0 Å². The Labute approximate surface area is 144 Å². The van der Waals surface area contributed by atoms with E-state index in [0.29, 0.717) is 0 Å². The van der Waals surface area contributed by atoms with Crippen molar-refractivity contribution in [1.82, 2.24) is 0 Å². The van der Waals surface area contributed by atoms with Gasteiger partial charge in [0.15, 0.2) is 0 Å². The molecule has 0 aliphatic heterocycles. The third kappa shape index (κ3) is 6.97. The van der Waals surface area contributed by atoms with Crippen LogP contribution in [0.25, 0.3) is 0 Å². The minimum atomic E-state index is -0.970. The van der Waals surface area contributed by atoms with E-state index in [9.17, 15) is 9.59 Å². The Balaban J connectivity index is 1.55. The predicted molar refractivity (Wildman–Crippen MR) is 87.3 cm³/mol. The van der Waals surface area contributed by atoms with Crippen molar-refractivity contribution in [2.45, 2.75) is 96.2 Å². The molecule has 2 aliphatic rings.